The minimum absolute atomic E-state index is 0.0554. The van der Waals surface area contributed by atoms with E-state index in [1.807, 2.05) is 6.92 Å². The molecule has 0 spiro atoms. The molecule has 0 fully saturated rings. The Kier molecular flexibility index (Phi) is 7.30. The monoisotopic (exact) mass is 337 g/mol. The molecular formula is C14H21Cl2NO2S. The van der Waals surface area contributed by atoms with Crippen LogP contribution < -0.4 is 5.32 Å². The summed E-state index contributed by atoms with van der Waals surface area (Å²) >= 11 is 11.9. The van der Waals surface area contributed by atoms with Crippen LogP contribution >= 0.6 is 23.2 Å². The van der Waals surface area contributed by atoms with Crippen molar-refractivity contribution in [1.82, 2.24) is 5.32 Å². The Morgan fingerprint density at radius 1 is 1.20 bits per heavy atom. The van der Waals surface area contributed by atoms with Gasteiger partial charge >= 0.3 is 0 Å². The third-order valence-corrected chi connectivity index (χ3v) is 5.92. The van der Waals surface area contributed by atoms with Gasteiger partial charge in [-0.2, -0.15) is 0 Å². The van der Waals surface area contributed by atoms with Crippen LogP contribution in [-0.4, -0.2) is 26.8 Å². The molecule has 0 aliphatic rings. The van der Waals surface area contributed by atoms with Crippen molar-refractivity contribution in [3.8, 4) is 0 Å². The standard InChI is InChI=1S/C14H21Cl2NO2S/c1-3-11(17-4-2)7-6-10-20(18,19)14-12(15)8-5-9-13(14)16/h5,8-9,11,17H,3-4,6-7,10H2,1-2H3. The van der Waals surface area contributed by atoms with E-state index in [1.54, 1.807) is 18.2 Å². The van der Waals surface area contributed by atoms with E-state index < -0.39 is 9.84 Å². The number of halogens is 2. The third-order valence-electron chi connectivity index (χ3n) is 3.18. The maximum Gasteiger partial charge on any atom is 0.181 e. The van der Waals surface area contributed by atoms with E-state index in [-0.39, 0.29) is 20.7 Å². The predicted octanol–water partition coefficient (Wildman–Crippen LogP) is 3.94. The van der Waals surface area contributed by atoms with Gasteiger partial charge in [0, 0.05) is 6.04 Å². The van der Waals surface area contributed by atoms with Crippen LogP contribution in [0.2, 0.25) is 10.0 Å². The Morgan fingerprint density at radius 2 is 1.80 bits per heavy atom. The minimum Gasteiger partial charge on any atom is -0.314 e. The first kappa shape index (κ1) is 17.8. The van der Waals surface area contributed by atoms with Crippen molar-refractivity contribution in [2.45, 2.75) is 44.0 Å². The molecule has 0 radical (unpaired) electrons. The highest BCUT2D eigenvalue weighted by Crippen LogP contribution is 2.30. The molecule has 0 saturated heterocycles. The lowest BCUT2D eigenvalue weighted by atomic mass is 10.1. The normalized spacial score (nSPS) is 13.4. The molecule has 0 aliphatic heterocycles. The van der Waals surface area contributed by atoms with Gasteiger partial charge < -0.3 is 5.32 Å². The Hall–Kier alpha value is -0.290. The van der Waals surface area contributed by atoms with Gasteiger partial charge in [-0.3, -0.25) is 0 Å². The van der Waals surface area contributed by atoms with Crippen LogP contribution in [0.4, 0.5) is 0 Å². The fourth-order valence-corrected chi connectivity index (χ4v) is 4.72. The summed E-state index contributed by atoms with van der Waals surface area (Å²) in [5, 5.41) is 3.72. The molecule has 6 heteroatoms. The van der Waals surface area contributed by atoms with Gasteiger partial charge in [0.15, 0.2) is 9.84 Å². The maximum atomic E-state index is 12.3. The maximum absolute atomic E-state index is 12.3. The average Bonchev–Trinajstić information content (AvgIpc) is 2.37. The van der Waals surface area contributed by atoms with E-state index in [2.05, 4.69) is 12.2 Å². The molecule has 1 aromatic rings. The molecule has 1 N–H and O–H groups in total. The molecule has 114 valence electrons. The largest absolute Gasteiger partial charge is 0.314 e. The van der Waals surface area contributed by atoms with E-state index in [9.17, 15) is 8.42 Å². The minimum atomic E-state index is -3.43. The first-order valence-electron chi connectivity index (χ1n) is 6.82. The van der Waals surface area contributed by atoms with Crippen molar-refractivity contribution in [2.75, 3.05) is 12.3 Å². The highest BCUT2D eigenvalue weighted by atomic mass is 35.5. The molecule has 1 unspecified atom stereocenters. The van der Waals surface area contributed by atoms with E-state index in [4.69, 9.17) is 23.2 Å². The van der Waals surface area contributed by atoms with Crippen molar-refractivity contribution in [3.05, 3.63) is 28.2 Å². The molecule has 0 heterocycles. The summed E-state index contributed by atoms with van der Waals surface area (Å²) in [4.78, 5) is 0.0554. The van der Waals surface area contributed by atoms with Crippen LogP contribution in [-0.2, 0) is 9.84 Å². The van der Waals surface area contributed by atoms with E-state index in [0.29, 0.717) is 12.5 Å². The van der Waals surface area contributed by atoms with Crippen molar-refractivity contribution < 1.29 is 8.42 Å². The van der Waals surface area contributed by atoms with Crippen molar-refractivity contribution >= 4 is 33.0 Å². The molecular weight excluding hydrogens is 317 g/mol. The quantitative estimate of drug-likeness (QED) is 0.781. The smallest absolute Gasteiger partial charge is 0.181 e. The summed E-state index contributed by atoms with van der Waals surface area (Å²) in [6, 6.07) is 5.10. The Bertz CT molecular complexity index is 512. The lowest BCUT2D eigenvalue weighted by molar-refractivity contribution is 0.475. The third kappa shape index (κ3) is 4.92. The van der Waals surface area contributed by atoms with Gasteiger partial charge in [-0.1, -0.05) is 43.1 Å². The second-order valence-corrected chi connectivity index (χ2v) is 7.54. The zero-order chi connectivity index (χ0) is 15.2. The first-order valence-corrected chi connectivity index (χ1v) is 9.23. The zero-order valence-electron chi connectivity index (χ0n) is 11.8. The molecule has 1 rings (SSSR count). The van der Waals surface area contributed by atoms with Gasteiger partial charge in [0.1, 0.15) is 4.90 Å². The van der Waals surface area contributed by atoms with Gasteiger partial charge in [-0.05, 0) is 37.9 Å². The number of nitrogens with one attached hydrogen (secondary N) is 1. The Morgan fingerprint density at radius 3 is 2.30 bits per heavy atom. The van der Waals surface area contributed by atoms with Gasteiger partial charge in [0.2, 0.25) is 0 Å². The summed E-state index contributed by atoms with van der Waals surface area (Å²) < 4.78 is 24.6. The molecule has 0 aromatic heterocycles. The van der Waals surface area contributed by atoms with E-state index in [1.165, 1.54) is 0 Å². The first-order chi connectivity index (χ1) is 9.42. The van der Waals surface area contributed by atoms with Crippen LogP contribution in [0, 0.1) is 0 Å². The molecule has 0 saturated carbocycles. The molecule has 0 amide bonds. The number of benzene rings is 1. The fraction of sp³-hybridized carbons (Fsp3) is 0.571. The number of hydrogen-bond acceptors (Lipinski definition) is 3. The second-order valence-electron chi connectivity index (χ2n) is 4.67. The number of rotatable bonds is 8. The average molecular weight is 338 g/mol. The zero-order valence-corrected chi connectivity index (χ0v) is 14.2. The lowest BCUT2D eigenvalue weighted by Gasteiger charge is -2.15. The fourth-order valence-electron chi connectivity index (χ4n) is 2.14. The van der Waals surface area contributed by atoms with Crippen LogP contribution in [0.3, 0.4) is 0 Å². The number of sulfone groups is 1. The number of hydrogen-bond donors (Lipinski definition) is 1. The molecule has 1 atom stereocenters. The molecule has 3 nitrogen and oxygen atoms in total. The van der Waals surface area contributed by atoms with Crippen LogP contribution in [0.1, 0.15) is 33.1 Å². The summed E-state index contributed by atoms with van der Waals surface area (Å²) in [7, 11) is -3.43. The van der Waals surface area contributed by atoms with Gasteiger partial charge in [0.25, 0.3) is 0 Å². The SMILES string of the molecule is CCNC(CC)CCCS(=O)(=O)c1c(Cl)cccc1Cl. The summed E-state index contributed by atoms with van der Waals surface area (Å²) in [5.74, 6) is 0.0678. The Labute approximate surface area is 131 Å². The summed E-state index contributed by atoms with van der Waals surface area (Å²) in [6.07, 6.45) is 2.40. The predicted molar refractivity (Wildman–Crippen MR) is 85.5 cm³/mol. The van der Waals surface area contributed by atoms with E-state index in [0.717, 1.165) is 19.4 Å². The highest BCUT2D eigenvalue weighted by molar-refractivity contribution is 7.91. The van der Waals surface area contributed by atoms with Gasteiger partial charge in [-0.15, -0.1) is 0 Å². The molecule has 0 aliphatic carbocycles. The summed E-state index contributed by atoms with van der Waals surface area (Å²) in [6.45, 7) is 5.03. The van der Waals surface area contributed by atoms with Crippen LogP contribution in [0.5, 0.6) is 0 Å². The van der Waals surface area contributed by atoms with E-state index >= 15 is 0 Å². The molecule has 20 heavy (non-hydrogen) atoms. The second kappa shape index (κ2) is 8.23. The Balaban J connectivity index is 2.71. The molecule has 1 aromatic carbocycles. The van der Waals surface area contributed by atoms with Gasteiger partial charge in [-0.25, -0.2) is 8.42 Å². The molecule has 0 bridgehead atoms. The summed E-state index contributed by atoms with van der Waals surface area (Å²) in [5.41, 5.74) is 0. The van der Waals surface area contributed by atoms with Crippen molar-refractivity contribution in [2.24, 2.45) is 0 Å². The highest BCUT2D eigenvalue weighted by Gasteiger charge is 2.21. The topological polar surface area (TPSA) is 46.2 Å². The van der Waals surface area contributed by atoms with Crippen molar-refractivity contribution in [3.63, 3.8) is 0 Å². The van der Waals surface area contributed by atoms with Crippen LogP contribution in [0.15, 0.2) is 23.1 Å². The van der Waals surface area contributed by atoms with Crippen molar-refractivity contribution in [1.29, 1.82) is 0 Å². The van der Waals surface area contributed by atoms with Gasteiger partial charge in [0.05, 0.1) is 15.8 Å². The lowest BCUT2D eigenvalue weighted by Crippen LogP contribution is -2.28. The van der Waals surface area contributed by atoms with Crippen LogP contribution in [0.25, 0.3) is 0 Å².